The summed E-state index contributed by atoms with van der Waals surface area (Å²) in [6.07, 6.45) is 3.41. The quantitative estimate of drug-likeness (QED) is 0.643. The van der Waals surface area contributed by atoms with Crippen LogP contribution in [0, 0.1) is 6.92 Å². The van der Waals surface area contributed by atoms with E-state index in [0.717, 1.165) is 25.9 Å². The Balaban J connectivity index is 2.39. The van der Waals surface area contributed by atoms with Crippen molar-refractivity contribution in [3.05, 3.63) is 35.4 Å². The first-order chi connectivity index (χ1) is 12.3. The minimum atomic E-state index is -0.115. The van der Waals surface area contributed by atoms with Gasteiger partial charge in [-0.1, -0.05) is 57.5 Å². The monoisotopic (exact) mass is 360 g/mol. The topological polar surface area (TPSA) is 49.4 Å². The summed E-state index contributed by atoms with van der Waals surface area (Å²) in [6, 6.07) is 8.41. The second-order valence-electron chi connectivity index (χ2n) is 7.76. The van der Waals surface area contributed by atoms with Gasteiger partial charge in [-0.2, -0.15) is 0 Å². The van der Waals surface area contributed by atoms with Gasteiger partial charge in [-0.05, 0) is 31.7 Å². The predicted molar refractivity (Wildman–Crippen MR) is 108 cm³/mol. The molecule has 0 aliphatic rings. The van der Waals surface area contributed by atoms with E-state index in [4.69, 9.17) is 0 Å². The number of hydrogen-bond acceptors (Lipinski definition) is 2. The van der Waals surface area contributed by atoms with E-state index in [1.54, 1.807) is 0 Å². The van der Waals surface area contributed by atoms with Gasteiger partial charge in [-0.25, -0.2) is 0 Å². The van der Waals surface area contributed by atoms with Crippen LogP contribution in [0.25, 0.3) is 0 Å². The molecular weight excluding hydrogens is 324 g/mol. The standard InChI is InChI=1S/C22H36N2O2/c1-6-14-24(15-7-2)21(26)13-9-12-20(25)23-17-22(4,5)19-11-8-10-18(3)16-19/h8,10-11,16H,6-7,9,12-15,17H2,1-5H3,(H,23,25). The number of hydrogen-bond donors (Lipinski definition) is 1. The normalized spacial score (nSPS) is 11.3. The van der Waals surface area contributed by atoms with Crippen LogP contribution in [-0.2, 0) is 15.0 Å². The fourth-order valence-corrected chi connectivity index (χ4v) is 3.04. The SMILES string of the molecule is CCCN(CCC)C(=O)CCCC(=O)NCC(C)(C)c1cccc(C)c1. The molecule has 0 saturated heterocycles. The van der Waals surface area contributed by atoms with Gasteiger partial charge in [0, 0.05) is 37.9 Å². The first-order valence-corrected chi connectivity index (χ1v) is 9.91. The molecule has 0 spiro atoms. The molecule has 0 atom stereocenters. The van der Waals surface area contributed by atoms with Crippen LogP contribution in [0.4, 0.5) is 0 Å². The highest BCUT2D eigenvalue weighted by Gasteiger charge is 2.21. The van der Waals surface area contributed by atoms with Crippen molar-refractivity contribution in [2.45, 2.75) is 72.1 Å². The van der Waals surface area contributed by atoms with Crippen LogP contribution < -0.4 is 5.32 Å². The third kappa shape index (κ3) is 7.59. The lowest BCUT2D eigenvalue weighted by Crippen LogP contribution is -2.37. The highest BCUT2D eigenvalue weighted by atomic mass is 16.2. The molecule has 26 heavy (non-hydrogen) atoms. The molecule has 4 heteroatoms. The number of carbonyl (C=O) groups is 2. The molecule has 0 fully saturated rings. The second kappa shape index (κ2) is 11.0. The van der Waals surface area contributed by atoms with Crippen molar-refractivity contribution in [2.24, 2.45) is 0 Å². The summed E-state index contributed by atoms with van der Waals surface area (Å²) in [5, 5.41) is 3.03. The molecule has 0 radical (unpaired) electrons. The maximum atomic E-state index is 12.2. The van der Waals surface area contributed by atoms with Gasteiger partial charge in [0.2, 0.25) is 11.8 Å². The van der Waals surface area contributed by atoms with E-state index in [2.05, 4.69) is 64.2 Å². The molecule has 146 valence electrons. The third-order valence-corrected chi connectivity index (χ3v) is 4.66. The first kappa shape index (κ1) is 22.2. The maximum absolute atomic E-state index is 12.2. The van der Waals surface area contributed by atoms with Crippen molar-refractivity contribution < 1.29 is 9.59 Å². The summed E-state index contributed by atoms with van der Waals surface area (Å²) in [7, 11) is 0. The number of aryl methyl sites for hydroxylation is 1. The van der Waals surface area contributed by atoms with E-state index in [-0.39, 0.29) is 17.2 Å². The largest absolute Gasteiger partial charge is 0.355 e. The molecule has 0 heterocycles. The average molecular weight is 361 g/mol. The molecule has 1 aromatic rings. The molecule has 1 N–H and O–H groups in total. The van der Waals surface area contributed by atoms with Gasteiger partial charge in [0.25, 0.3) is 0 Å². The van der Waals surface area contributed by atoms with Crippen molar-refractivity contribution >= 4 is 11.8 Å². The zero-order chi connectivity index (χ0) is 19.6. The fraction of sp³-hybridized carbons (Fsp3) is 0.636. The Hall–Kier alpha value is -1.84. The third-order valence-electron chi connectivity index (χ3n) is 4.66. The van der Waals surface area contributed by atoms with Gasteiger partial charge < -0.3 is 10.2 Å². The van der Waals surface area contributed by atoms with E-state index >= 15 is 0 Å². The zero-order valence-corrected chi connectivity index (χ0v) is 17.2. The van der Waals surface area contributed by atoms with Crippen LogP contribution in [0.15, 0.2) is 24.3 Å². The van der Waals surface area contributed by atoms with Crippen molar-refractivity contribution in [1.82, 2.24) is 10.2 Å². The van der Waals surface area contributed by atoms with Gasteiger partial charge in [-0.15, -0.1) is 0 Å². The van der Waals surface area contributed by atoms with E-state index in [1.807, 2.05) is 4.90 Å². The Morgan fingerprint density at radius 2 is 1.73 bits per heavy atom. The van der Waals surface area contributed by atoms with Crippen LogP contribution in [0.3, 0.4) is 0 Å². The van der Waals surface area contributed by atoms with Crippen LogP contribution in [0.2, 0.25) is 0 Å². The minimum Gasteiger partial charge on any atom is -0.355 e. The number of amides is 2. The van der Waals surface area contributed by atoms with E-state index in [9.17, 15) is 9.59 Å². The smallest absolute Gasteiger partial charge is 0.222 e. The number of rotatable bonds is 11. The maximum Gasteiger partial charge on any atom is 0.222 e. The van der Waals surface area contributed by atoms with Crippen molar-refractivity contribution in [3.63, 3.8) is 0 Å². The van der Waals surface area contributed by atoms with Crippen LogP contribution in [0.1, 0.15) is 70.9 Å². The van der Waals surface area contributed by atoms with Crippen LogP contribution in [0.5, 0.6) is 0 Å². The summed E-state index contributed by atoms with van der Waals surface area (Å²) in [4.78, 5) is 26.3. The van der Waals surface area contributed by atoms with Crippen molar-refractivity contribution in [2.75, 3.05) is 19.6 Å². The lowest BCUT2D eigenvalue weighted by atomic mass is 9.84. The fourth-order valence-electron chi connectivity index (χ4n) is 3.04. The minimum absolute atomic E-state index is 0.0241. The summed E-state index contributed by atoms with van der Waals surface area (Å²) in [5.41, 5.74) is 2.34. The highest BCUT2D eigenvalue weighted by molar-refractivity contribution is 5.79. The van der Waals surface area contributed by atoms with Crippen LogP contribution >= 0.6 is 0 Å². The number of nitrogens with one attached hydrogen (secondary N) is 1. The number of nitrogens with zero attached hydrogens (tertiary/aromatic N) is 1. The summed E-state index contributed by atoms with van der Waals surface area (Å²) < 4.78 is 0. The summed E-state index contributed by atoms with van der Waals surface area (Å²) in [6.45, 7) is 12.7. The summed E-state index contributed by atoms with van der Waals surface area (Å²) >= 11 is 0. The molecule has 0 bridgehead atoms. The predicted octanol–water partition coefficient (Wildman–Crippen LogP) is 4.21. The number of benzene rings is 1. The van der Waals surface area contributed by atoms with E-state index in [0.29, 0.717) is 25.8 Å². The molecule has 0 unspecified atom stereocenters. The van der Waals surface area contributed by atoms with Gasteiger partial charge in [0.05, 0.1) is 0 Å². The van der Waals surface area contributed by atoms with Crippen LogP contribution in [-0.4, -0.2) is 36.3 Å². The molecule has 1 rings (SSSR count). The lowest BCUT2D eigenvalue weighted by Gasteiger charge is -2.26. The Kier molecular flexibility index (Phi) is 9.39. The Morgan fingerprint density at radius 1 is 1.08 bits per heavy atom. The van der Waals surface area contributed by atoms with Gasteiger partial charge in [-0.3, -0.25) is 9.59 Å². The summed E-state index contributed by atoms with van der Waals surface area (Å²) in [5.74, 6) is 0.192. The molecule has 0 aromatic heterocycles. The lowest BCUT2D eigenvalue weighted by molar-refractivity contribution is -0.131. The average Bonchev–Trinajstić information content (AvgIpc) is 2.60. The Labute approximate surface area is 159 Å². The molecule has 4 nitrogen and oxygen atoms in total. The van der Waals surface area contributed by atoms with E-state index in [1.165, 1.54) is 11.1 Å². The van der Waals surface area contributed by atoms with Gasteiger partial charge in [0.1, 0.15) is 0 Å². The van der Waals surface area contributed by atoms with E-state index < -0.39 is 0 Å². The van der Waals surface area contributed by atoms with Gasteiger partial charge in [0.15, 0.2) is 0 Å². The number of carbonyl (C=O) groups excluding carboxylic acids is 2. The first-order valence-electron chi connectivity index (χ1n) is 9.91. The molecule has 1 aromatic carbocycles. The van der Waals surface area contributed by atoms with Crippen molar-refractivity contribution in [3.8, 4) is 0 Å². The zero-order valence-electron chi connectivity index (χ0n) is 17.2. The molecule has 0 saturated carbocycles. The molecular formula is C22H36N2O2. The Morgan fingerprint density at radius 3 is 2.31 bits per heavy atom. The Bertz CT molecular complexity index is 575. The molecule has 0 aliphatic carbocycles. The van der Waals surface area contributed by atoms with Gasteiger partial charge >= 0.3 is 0 Å². The molecule has 2 amide bonds. The molecule has 0 aliphatic heterocycles. The highest BCUT2D eigenvalue weighted by Crippen LogP contribution is 2.23. The second-order valence-corrected chi connectivity index (χ2v) is 7.76. The van der Waals surface area contributed by atoms with Crippen molar-refractivity contribution in [1.29, 1.82) is 0 Å².